The second-order valence-electron chi connectivity index (χ2n) is 24.9. The number of ether oxygens (including phenoxy) is 8. The van der Waals surface area contributed by atoms with Crippen LogP contribution in [0.5, 0.6) is 5.75 Å². The van der Waals surface area contributed by atoms with E-state index >= 15 is 0 Å². The molecule has 28 nitrogen and oxygen atoms in total. The van der Waals surface area contributed by atoms with E-state index in [1.807, 2.05) is 0 Å². The van der Waals surface area contributed by atoms with Crippen LogP contribution in [-0.2, 0) is 53.2 Å². The van der Waals surface area contributed by atoms with Crippen LogP contribution >= 0.6 is 22.7 Å². The molecule has 2 saturated carbocycles. The molecule has 2 aromatic heterocycles. The van der Waals surface area contributed by atoms with Gasteiger partial charge in [0.05, 0.1) is 87.3 Å². The van der Waals surface area contributed by atoms with E-state index in [0.717, 1.165) is 61.4 Å². The number of rotatable bonds is 17. The number of nitrogens with one attached hydrogen (secondary N) is 6. The molecule has 0 spiro atoms. The van der Waals surface area contributed by atoms with Crippen LogP contribution in [0.3, 0.4) is 0 Å². The van der Waals surface area contributed by atoms with Gasteiger partial charge in [0.1, 0.15) is 11.9 Å². The predicted molar refractivity (Wildman–Crippen MR) is 345 cm³/mol. The van der Waals surface area contributed by atoms with Crippen LogP contribution in [0.15, 0.2) is 82.8 Å². The Kier molecular flexibility index (Phi) is 24.3. The molecule has 6 fully saturated rings. The number of anilines is 2. The summed E-state index contributed by atoms with van der Waals surface area (Å²) in [5, 5.41) is 32.0. The maximum absolute atomic E-state index is 13.6. The van der Waals surface area contributed by atoms with Crippen LogP contribution in [0, 0.1) is 10.1 Å². The van der Waals surface area contributed by atoms with Crippen LogP contribution in [0.25, 0.3) is 20.9 Å². The molecule has 4 saturated heterocycles. The molecule has 4 amide bonds. The molecule has 5 aromatic rings. The Bertz CT molecular complexity index is 3620. The Hall–Kier alpha value is -6.98. The van der Waals surface area contributed by atoms with Gasteiger partial charge in [-0.2, -0.15) is 0 Å². The Balaban J connectivity index is 0.000000221. The number of benzene rings is 3. The van der Waals surface area contributed by atoms with Gasteiger partial charge in [0.15, 0.2) is 18.3 Å². The summed E-state index contributed by atoms with van der Waals surface area (Å²) in [6.07, 6.45) is 6.58. The molecule has 0 unspecified atom stereocenters. The molecule has 6 heterocycles. The third kappa shape index (κ3) is 21.0. The van der Waals surface area contributed by atoms with E-state index in [1.54, 1.807) is 78.2 Å². The first-order chi connectivity index (χ1) is 43.6. The number of sulfonamides is 2. The van der Waals surface area contributed by atoms with Crippen molar-refractivity contribution in [3.63, 3.8) is 0 Å². The quantitative estimate of drug-likeness (QED) is 0.0259. The fraction of sp³-hybridized carbons (Fsp3) is 0.541. The summed E-state index contributed by atoms with van der Waals surface area (Å²) < 4.78 is 100. The molecule has 6 aliphatic rings. The van der Waals surface area contributed by atoms with E-state index < -0.39 is 60.4 Å². The second kappa shape index (κ2) is 31.5. The first-order valence-corrected chi connectivity index (χ1v) is 34.6. The second-order valence-corrected chi connectivity index (χ2v) is 30.3. The average molecular weight is 1370 g/mol. The lowest BCUT2D eigenvalue weighted by Gasteiger charge is -2.30. The molecule has 7 N–H and O–H groups in total. The average Bonchev–Trinajstić information content (AvgIpc) is 1.77. The summed E-state index contributed by atoms with van der Waals surface area (Å²) in [4.78, 5) is 70.0. The smallest absolute Gasteiger partial charge is 0.417 e. The number of nitro groups is 1. The number of hydrogen-bond donors (Lipinski definition) is 7. The third-order valence-electron chi connectivity index (χ3n) is 14.8. The fourth-order valence-electron chi connectivity index (χ4n) is 10.1. The highest BCUT2D eigenvalue weighted by atomic mass is 32.2. The minimum atomic E-state index is -4.05. The molecule has 0 bridgehead atoms. The highest BCUT2D eigenvalue weighted by Crippen LogP contribution is 2.42. The van der Waals surface area contributed by atoms with Crippen molar-refractivity contribution in [3.8, 4) is 26.6 Å². The normalized spacial score (nSPS) is 20.2. The van der Waals surface area contributed by atoms with Gasteiger partial charge in [0.2, 0.25) is 20.0 Å². The van der Waals surface area contributed by atoms with Crippen molar-refractivity contribution >= 4 is 84.2 Å². The maximum Gasteiger partial charge on any atom is 0.417 e. The highest BCUT2D eigenvalue weighted by molar-refractivity contribution is 7.90. The summed E-state index contributed by atoms with van der Waals surface area (Å²) in [5.74, 6) is 0.449. The topological polar surface area (TPSA) is 372 Å². The van der Waals surface area contributed by atoms with Gasteiger partial charge in [-0.05, 0) is 129 Å². The lowest BCUT2D eigenvalue weighted by Crippen LogP contribution is -2.44. The van der Waals surface area contributed by atoms with Crippen LogP contribution in [0.1, 0.15) is 122 Å². The van der Waals surface area contributed by atoms with Crippen LogP contribution < -0.4 is 35.4 Å². The number of amides is 4. The van der Waals surface area contributed by atoms with Crippen LogP contribution in [0.4, 0.5) is 36.2 Å². The number of thiazole rings is 2. The van der Waals surface area contributed by atoms with E-state index in [-0.39, 0.29) is 82.7 Å². The van der Waals surface area contributed by atoms with Crippen molar-refractivity contribution in [3.05, 3.63) is 93.2 Å². The number of nitro benzene ring substituents is 1. The molecular formula is C61H81N9O19S4. The van der Waals surface area contributed by atoms with Gasteiger partial charge in [-0.1, -0.05) is 19.6 Å². The summed E-state index contributed by atoms with van der Waals surface area (Å²) in [6.45, 7) is 14.0. The van der Waals surface area contributed by atoms with E-state index in [4.69, 9.17) is 38.3 Å². The van der Waals surface area contributed by atoms with Gasteiger partial charge in [-0.15, -0.1) is 22.7 Å². The van der Waals surface area contributed by atoms with Crippen molar-refractivity contribution in [2.75, 3.05) is 63.5 Å². The van der Waals surface area contributed by atoms with Gasteiger partial charge in [0.25, 0.3) is 5.69 Å². The van der Waals surface area contributed by atoms with Crippen molar-refractivity contribution in [2.45, 2.75) is 170 Å². The van der Waals surface area contributed by atoms with E-state index in [0.29, 0.717) is 79.4 Å². The number of nitrogens with zero attached hydrogens (tertiary/aromatic N) is 3. The molecular weight excluding hydrogens is 1290 g/mol. The van der Waals surface area contributed by atoms with Gasteiger partial charge >= 0.3 is 24.4 Å². The highest BCUT2D eigenvalue weighted by Gasteiger charge is 2.34. The standard InChI is InChI=1S/C30H35N5O9S2.C27H36N4O8S2.C3H6O2.CH4/c1-30(2,3)34-46(40,41)26-14-20(33-29(37)43-22-11-9-21(10-12-22)35(38)39)8-13-24(26)25-15-31-27(45-25)18-4-6-19(7-5-18)32-28(36)44-23-16-42-17-23;1-27(2,3)31-41(34,35)23-10-18(30-26(33)39-20-14-37-15-20)8-9-21(23)22-11-28-24(40-22)16-4-6-17(7-5-16)29-25(32)38-19-12-36-13-19;4-3-1-5-2-3;/h8-15,18-19,23,34H,4-7,16-17H2,1-3H3,(H,32,36)(H,33,37);8-11,16-17,19-20,31H,4-7,12-15H2,1-3H3,(H,29,32)(H,30,33);3-4H,1-2H2;1H4. The summed E-state index contributed by atoms with van der Waals surface area (Å²) in [7, 11) is -8.01. The minimum Gasteiger partial charge on any atom is -0.441 e. The minimum absolute atomic E-state index is 0. The van der Waals surface area contributed by atoms with Gasteiger partial charge in [-0.3, -0.25) is 20.7 Å². The molecule has 508 valence electrons. The van der Waals surface area contributed by atoms with Crippen molar-refractivity contribution in [1.82, 2.24) is 30.0 Å². The van der Waals surface area contributed by atoms with Gasteiger partial charge < -0.3 is 53.6 Å². The van der Waals surface area contributed by atoms with Crippen molar-refractivity contribution < 1.29 is 83.9 Å². The SMILES string of the molecule is C.CC(C)(C)NS(=O)(=O)c1cc(NC(=O)OC2COC2)ccc1-c1cnc(C2CCC(NC(=O)OC3COC3)CC2)s1.CC(C)(C)NS(=O)(=O)c1cc(NC(=O)Oc2ccc([N+](=O)[O-])cc2)ccc1-c1cnc(C2CCC(NC(=O)OC3COC3)CC2)s1.OC1COC1. The molecule has 3 aromatic carbocycles. The number of non-ortho nitro benzene ring substituents is 1. The molecule has 4 aliphatic heterocycles. The largest absolute Gasteiger partial charge is 0.441 e. The Morgan fingerprint density at radius 3 is 1.26 bits per heavy atom. The Morgan fingerprint density at radius 2 is 0.925 bits per heavy atom. The maximum atomic E-state index is 13.6. The zero-order chi connectivity index (χ0) is 66.0. The van der Waals surface area contributed by atoms with E-state index in [1.165, 1.54) is 59.1 Å². The molecule has 0 radical (unpaired) electrons. The first kappa shape index (κ1) is 71.9. The van der Waals surface area contributed by atoms with Crippen molar-refractivity contribution in [1.29, 1.82) is 0 Å². The number of carbonyl (C=O) groups excluding carboxylic acids is 4. The molecule has 2 aliphatic carbocycles. The number of carbonyl (C=O) groups is 4. The summed E-state index contributed by atoms with van der Waals surface area (Å²) >= 11 is 2.87. The first-order valence-electron chi connectivity index (χ1n) is 30.0. The summed E-state index contributed by atoms with van der Waals surface area (Å²) in [5.41, 5.74) is -0.263. The van der Waals surface area contributed by atoms with Gasteiger partial charge in [-0.25, -0.2) is 55.4 Å². The molecule has 11 rings (SSSR count). The zero-order valence-electron chi connectivity index (χ0n) is 51.6. The number of alkyl carbamates (subject to hydrolysis) is 2. The van der Waals surface area contributed by atoms with Gasteiger partial charge in [0, 0.05) is 82.0 Å². The summed E-state index contributed by atoms with van der Waals surface area (Å²) in [6, 6.07) is 14.3. The Morgan fingerprint density at radius 1 is 0.559 bits per heavy atom. The fourth-order valence-corrected chi connectivity index (χ4v) is 15.8. The molecule has 93 heavy (non-hydrogen) atoms. The number of aliphatic hydroxyl groups excluding tert-OH is 1. The van der Waals surface area contributed by atoms with Crippen LogP contribution in [0.2, 0.25) is 0 Å². The molecule has 32 heteroatoms. The Labute approximate surface area is 548 Å². The lowest BCUT2D eigenvalue weighted by molar-refractivity contribution is -0.384. The molecule has 0 atom stereocenters. The number of aliphatic hydroxyl groups is 1. The lowest BCUT2D eigenvalue weighted by atomic mass is 9.86. The van der Waals surface area contributed by atoms with E-state index in [2.05, 4.69) is 45.4 Å². The van der Waals surface area contributed by atoms with Crippen LogP contribution in [-0.4, -0.2) is 162 Å². The zero-order valence-corrected chi connectivity index (χ0v) is 54.9. The third-order valence-corrected chi connectivity index (χ3v) is 20.8. The monoisotopic (exact) mass is 1370 g/mol. The number of aromatic nitrogens is 2. The van der Waals surface area contributed by atoms with Crippen molar-refractivity contribution in [2.24, 2.45) is 0 Å². The predicted octanol–water partition coefficient (Wildman–Crippen LogP) is 9.56. The number of hydrogen-bond acceptors (Lipinski definition) is 23. The van der Waals surface area contributed by atoms with E-state index in [9.17, 15) is 46.1 Å².